The molecule has 5 heteroatoms. The smallest absolute Gasteiger partial charge is 0.205 e. The number of hydrogen-bond donors (Lipinski definition) is 1. The van der Waals surface area contributed by atoms with Gasteiger partial charge in [-0.3, -0.25) is 0 Å². The molecule has 1 saturated heterocycles. The number of rotatable bonds is 6. The second-order valence-electron chi connectivity index (χ2n) is 4.85. The zero-order valence-electron chi connectivity index (χ0n) is 11.2. The van der Waals surface area contributed by atoms with Gasteiger partial charge in [-0.15, -0.1) is 0 Å². The molecule has 1 aliphatic heterocycles. The van der Waals surface area contributed by atoms with Crippen molar-refractivity contribution in [3.63, 3.8) is 0 Å². The largest absolute Gasteiger partial charge is 0.385 e. The van der Waals surface area contributed by atoms with Gasteiger partial charge in [-0.1, -0.05) is 0 Å². The summed E-state index contributed by atoms with van der Waals surface area (Å²) in [6, 6.07) is 0.447. The Morgan fingerprint density at radius 1 is 1.50 bits per heavy atom. The summed E-state index contributed by atoms with van der Waals surface area (Å²) in [6.07, 6.45) is 8.64. The Kier molecular flexibility index (Phi) is 5.01. The molecule has 1 atom stereocenters. The van der Waals surface area contributed by atoms with E-state index in [2.05, 4.69) is 14.5 Å². The van der Waals surface area contributed by atoms with Crippen molar-refractivity contribution in [2.75, 3.05) is 31.7 Å². The van der Waals surface area contributed by atoms with Crippen molar-refractivity contribution in [3.05, 3.63) is 12.4 Å². The minimum absolute atomic E-state index is 0.447. The second kappa shape index (κ2) is 6.75. The molecule has 102 valence electrons. The Bertz CT molecular complexity index is 353. The first-order chi connectivity index (χ1) is 8.86. The summed E-state index contributed by atoms with van der Waals surface area (Å²) >= 11 is 0. The lowest BCUT2D eigenvalue weighted by Crippen LogP contribution is -2.45. The van der Waals surface area contributed by atoms with E-state index < -0.39 is 0 Å². The number of aryl methyl sites for hydroxylation is 1. The third kappa shape index (κ3) is 3.03. The number of methoxy groups -OCH3 is 1. The van der Waals surface area contributed by atoms with Crippen molar-refractivity contribution in [3.8, 4) is 0 Å². The summed E-state index contributed by atoms with van der Waals surface area (Å²) in [5.41, 5.74) is 5.87. The fraction of sp³-hybridized carbons (Fsp3) is 0.769. The van der Waals surface area contributed by atoms with Gasteiger partial charge in [-0.25, -0.2) is 4.98 Å². The van der Waals surface area contributed by atoms with Gasteiger partial charge in [0.2, 0.25) is 5.95 Å². The molecule has 2 heterocycles. The van der Waals surface area contributed by atoms with Crippen LogP contribution in [0.2, 0.25) is 0 Å². The number of piperidine rings is 1. The molecule has 0 spiro atoms. The number of anilines is 1. The first-order valence-electron chi connectivity index (χ1n) is 6.83. The fourth-order valence-electron chi connectivity index (χ4n) is 2.62. The Hall–Kier alpha value is -1.07. The van der Waals surface area contributed by atoms with Crippen molar-refractivity contribution in [2.24, 2.45) is 5.73 Å². The van der Waals surface area contributed by atoms with Crippen LogP contribution in [0.4, 0.5) is 5.95 Å². The van der Waals surface area contributed by atoms with Crippen LogP contribution in [0.25, 0.3) is 0 Å². The Morgan fingerprint density at radius 3 is 3.17 bits per heavy atom. The van der Waals surface area contributed by atoms with Gasteiger partial charge in [0.15, 0.2) is 0 Å². The van der Waals surface area contributed by atoms with E-state index in [1.807, 2.05) is 12.4 Å². The van der Waals surface area contributed by atoms with Crippen molar-refractivity contribution in [1.82, 2.24) is 9.55 Å². The van der Waals surface area contributed by atoms with Crippen LogP contribution in [0.5, 0.6) is 0 Å². The molecule has 0 saturated carbocycles. The highest BCUT2D eigenvalue weighted by Gasteiger charge is 2.24. The molecule has 0 radical (unpaired) electrons. The minimum Gasteiger partial charge on any atom is -0.385 e. The average Bonchev–Trinajstić information content (AvgIpc) is 2.87. The maximum atomic E-state index is 5.87. The quantitative estimate of drug-likeness (QED) is 0.774. The van der Waals surface area contributed by atoms with E-state index in [0.717, 1.165) is 32.1 Å². The van der Waals surface area contributed by atoms with E-state index in [9.17, 15) is 0 Å². The van der Waals surface area contributed by atoms with Gasteiger partial charge in [-0.05, 0) is 25.7 Å². The molecule has 2 rings (SSSR count). The van der Waals surface area contributed by atoms with Crippen molar-refractivity contribution < 1.29 is 4.74 Å². The molecule has 1 aromatic heterocycles. The molecule has 1 unspecified atom stereocenters. The number of nitrogens with two attached hydrogens (primary N) is 1. The number of aromatic nitrogens is 2. The lowest BCUT2D eigenvalue weighted by Gasteiger charge is -2.36. The highest BCUT2D eigenvalue weighted by Crippen LogP contribution is 2.23. The van der Waals surface area contributed by atoms with Gasteiger partial charge in [-0.2, -0.15) is 0 Å². The standard InChI is InChI=1S/C13H24N4O/c1-18-10-4-7-16-9-6-15-13(16)17-8-3-2-5-12(17)11-14/h6,9,12H,2-5,7-8,10-11,14H2,1H3. The fourth-order valence-corrected chi connectivity index (χ4v) is 2.62. The van der Waals surface area contributed by atoms with Gasteiger partial charge >= 0.3 is 0 Å². The van der Waals surface area contributed by atoms with E-state index in [1.165, 1.54) is 19.3 Å². The van der Waals surface area contributed by atoms with Crippen LogP contribution in [0.15, 0.2) is 12.4 Å². The molecule has 0 bridgehead atoms. The lowest BCUT2D eigenvalue weighted by molar-refractivity contribution is 0.190. The maximum Gasteiger partial charge on any atom is 0.205 e. The highest BCUT2D eigenvalue weighted by molar-refractivity contribution is 5.34. The molecular weight excluding hydrogens is 228 g/mol. The molecule has 2 N–H and O–H groups in total. The van der Waals surface area contributed by atoms with Crippen LogP contribution in [-0.4, -0.2) is 42.4 Å². The molecular formula is C13H24N4O. The Balaban J connectivity index is 2.04. The van der Waals surface area contributed by atoms with E-state index in [4.69, 9.17) is 10.5 Å². The SMILES string of the molecule is COCCCn1ccnc1N1CCCCC1CN. The highest BCUT2D eigenvalue weighted by atomic mass is 16.5. The minimum atomic E-state index is 0.447. The van der Waals surface area contributed by atoms with Gasteiger partial charge in [0.05, 0.1) is 0 Å². The average molecular weight is 252 g/mol. The van der Waals surface area contributed by atoms with E-state index in [1.54, 1.807) is 7.11 Å². The van der Waals surface area contributed by atoms with Crippen LogP contribution < -0.4 is 10.6 Å². The van der Waals surface area contributed by atoms with Crippen LogP contribution in [0, 0.1) is 0 Å². The number of nitrogens with zero attached hydrogens (tertiary/aromatic N) is 3. The van der Waals surface area contributed by atoms with Gasteiger partial charge in [0.25, 0.3) is 0 Å². The summed E-state index contributed by atoms with van der Waals surface area (Å²) in [5.74, 6) is 1.07. The predicted molar refractivity (Wildman–Crippen MR) is 72.8 cm³/mol. The van der Waals surface area contributed by atoms with Crippen molar-refractivity contribution in [2.45, 2.75) is 38.3 Å². The van der Waals surface area contributed by atoms with E-state index in [0.29, 0.717) is 12.6 Å². The molecule has 1 aromatic rings. The topological polar surface area (TPSA) is 56.3 Å². The van der Waals surface area contributed by atoms with Gasteiger partial charge in [0, 0.05) is 51.8 Å². The Morgan fingerprint density at radius 2 is 2.39 bits per heavy atom. The molecule has 18 heavy (non-hydrogen) atoms. The number of imidazole rings is 1. The first kappa shape index (κ1) is 13.4. The van der Waals surface area contributed by atoms with Gasteiger partial charge in [0.1, 0.15) is 0 Å². The molecule has 0 aromatic carbocycles. The van der Waals surface area contributed by atoms with Crippen molar-refractivity contribution in [1.29, 1.82) is 0 Å². The second-order valence-corrected chi connectivity index (χ2v) is 4.85. The maximum absolute atomic E-state index is 5.87. The summed E-state index contributed by atoms with van der Waals surface area (Å²) in [4.78, 5) is 6.88. The zero-order chi connectivity index (χ0) is 12.8. The number of hydrogen-bond acceptors (Lipinski definition) is 4. The Labute approximate surface area is 109 Å². The zero-order valence-corrected chi connectivity index (χ0v) is 11.2. The van der Waals surface area contributed by atoms with Crippen LogP contribution in [-0.2, 0) is 11.3 Å². The molecule has 1 fully saturated rings. The third-order valence-corrected chi connectivity index (χ3v) is 3.60. The van der Waals surface area contributed by atoms with Gasteiger partial charge < -0.3 is 19.9 Å². The summed E-state index contributed by atoms with van der Waals surface area (Å²) in [6.45, 7) is 3.53. The number of ether oxygens (including phenoxy) is 1. The first-order valence-corrected chi connectivity index (χ1v) is 6.83. The lowest BCUT2D eigenvalue weighted by atomic mass is 10.0. The van der Waals surface area contributed by atoms with E-state index >= 15 is 0 Å². The molecule has 0 aliphatic carbocycles. The molecule has 5 nitrogen and oxygen atoms in total. The normalized spacial score (nSPS) is 20.3. The summed E-state index contributed by atoms with van der Waals surface area (Å²) < 4.78 is 7.32. The van der Waals surface area contributed by atoms with Crippen LogP contribution in [0.3, 0.4) is 0 Å². The molecule has 0 amide bonds. The molecule has 1 aliphatic rings. The summed E-state index contributed by atoms with van der Waals surface area (Å²) in [5, 5.41) is 0. The predicted octanol–water partition coefficient (Wildman–Crippen LogP) is 1.24. The monoisotopic (exact) mass is 252 g/mol. The third-order valence-electron chi connectivity index (χ3n) is 3.60. The van der Waals surface area contributed by atoms with Crippen LogP contribution in [0.1, 0.15) is 25.7 Å². The van der Waals surface area contributed by atoms with E-state index in [-0.39, 0.29) is 0 Å². The summed E-state index contributed by atoms with van der Waals surface area (Å²) in [7, 11) is 1.74. The van der Waals surface area contributed by atoms with Crippen molar-refractivity contribution >= 4 is 5.95 Å². The van der Waals surface area contributed by atoms with Crippen LogP contribution >= 0.6 is 0 Å².